The molecule has 146 valence electrons. The molecule has 2 heterocycles. The van der Waals surface area contributed by atoms with Crippen molar-refractivity contribution in [3.63, 3.8) is 0 Å². The number of aromatic nitrogens is 2. The van der Waals surface area contributed by atoms with E-state index < -0.39 is 0 Å². The SMILES string of the molecule is CC(C)CNC(=O)c1nc(C(=O)NCCCc2ccccc2)n2ccccc12. The van der Waals surface area contributed by atoms with Gasteiger partial charge in [-0.1, -0.05) is 50.2 Å². The van der Waals surface area contributed by atoms with Crippen LogP contribution in [0.4, 0.5) is 0 Å². The number of carbonyl (C=O) groups excluding carboxylic acids is 2. The van der Waals surface area contributed by atoms with Gasteiger partial charge >= 0.3 is 0 Å². The number of hydrogen-bond donors (Lipinski definition) is 2. The van der Waals surface area contributed by atoms with Gasteiger partial charge in [0.15, 0.2) is 5.69 Å². The molecule has 2 aromatic heterocycles. The minimum Gasteiger partial charge on any atom is -0.350 e. The number of aryl methyl sites for hydroxylation is 1. The van der Waals surface area contributed by atoms with Gasteiger partial charge in [-0.2, -0.15) is 0 Å². The largest absolute Gasteiger partial charge is 0.350 e. The van der Waals surface area contributed by atoms with Gasteiger partial charge in [0, 0.05) is 19.3 Å². The van der Waals surface area contributed by atoms with E-state index in [-0.39, 0.29) is 23.3 Å². The van der Waals surface area contributed by atoms with Crippen LogP contribution in [0.25, 0.3) is 5.52 Å². The number of pyridine rings is 1. The highest BCUT2D eigenvalue weighted by Crippen LogP contribution is 2.13. The zero-order valence-electron chi connectivity index (χ0n) is 16.3. The number of hydrogen-bond acceptors (Lipinski definition) is 3. The van der Waals surface area contributed by atoms with Crippen molar-refractivity contribution < 1.29 is 9.59 Å². The number of fused-ring (bicyclic) bond motifs is 1. The summed E-state index contributed by atoms with van der Waals surface area (Å²) in [5, 5.41) is 5.78. The molecule has 2 N–H and O–H groups in total. The van der Waals surface area contributed by atoms with Gasteiger partial charge in [0.1, 0.15) is 0 Å². The molecule has 6 heteroatoms. The van der Waals surface area contributed by atoms with E-state index >= 15 is 0 Å². The molecule has 0 radical (unpaired) electrons. The van der Waals surface area contributed by atoms with Gasteiger partial charge < -0.3 is 10.6 Å². The molecule has 0 saturated carbocycles. The normalized spacial score (nSPS) is 11.0. The minimum atomic E-state index is -0.280. The molecule has 0 aliphatic rings. The molecule has 3 rings (SSSR count). The molecule has 0 aliphatic carbocycles. The van der Waals surface area contributed by atoms with Crippen LogP contribution >= 0.6 is 0 Å². The van der Waals surface area contributed by atoms with Crippen LogP contribution in [0, 0.1) is 5.92 Å². The summed E-state index contributed by atoms with van der Waals surface area (Å²) in [7, 11) is 0. The van der Waals surface area contributed by atoms with Crippen LogP contribution < -0.4 is 10.6 Å². The number of imidazole rings is 1. The van der Waals surface area contributed by atoms with Gasteiger partial charge in [-0.05, 0) is 36.5 Å². The highest BCUT2D eigenvalue weighted by Gasteiger charge is 2.21. The van der Waals surface area contributed by atoms with Gasteiger partial charge in [-0.3, -0.25) is 14.0 Å². The predicted octanol–water partition coefficient (Wildman–Crippen LogP) is 3.08. The second-order valence-corrected chi connectivity index (χ2v) is 7.19. The van der Waals surface area contributed by atoms with E-state index in [2.05, 4.69) is 27.8 Å². The van der Waals surface area contributed by atoms with Crippen molar-refractivity contribution in [2.75, 3.05) is 13.1 Å². The van der Waals surface area contributed by atoms with Crippen LogP contribution in [0.3, 0.4) is 0 Å². The highest BCUT2D eigenvalue weighted by atomic mass is 16.2. The third-order valence-corrected chi connectivity index (χ3v) is 4.41. The fraction of sp³-hybridized carbons (Fsp3) is 0.318. The molecule has 6 nitrogen and oxygen atoms in total. The van der Waals surface area contributed by atoms with Gasteiger partial charge in [0.05, 0.1) is 5.52 Å². The Morgan fingerprint density at radius 3 is 2.50 bits per heavy atom. The van der Waals surface area contributed by atoms with E-state index in [1.165, 1.54) is 5.56 Å². The van der Waals surface area contributed by atoms with E-state index in [1.54, 1.807) is 16.7 Å². The lowest BCUT2D eigenvalue weighted by molar-refractivity contribution is 0.0942. The molecule has 0 spiro atoms. The fourth-order valence-electron chi connectivity index (χ4n) is 2.96. The van der Waals surface area contributed by atoms with Crippen LogP contribution in [0.1, 0.15) is 46.9 Å². The molecule has 28 heavy (non-hydrogen) atoms. The Labute approximate surface area is 165 Å². The topological polar surface area (TPSA) is 75.5 Å². The first-order valence-corrected chi connectivity index (χ1v) is 9.63. The number of nitrogens with zero attached hydrogens (tertiary/aromatic N) is 2. The van der Waals surface area contributed by atoms with Gasteiger partial charge in [-0.15, -0.1) is 0 Å². The van der Waals surface area contributed by atoms with Crippen molar-refractivity contribution in [3.8, 4) is 0 Å². The molecular formula is C22H26N4O2. The van der Waals surface area contributed by atoms with E-state index in [0.717, 1.165) is 12.8 Å². The molecular weight excluding hydrogens is 352 g/mol. The summed E-state index contributed by atoms with van der Waals surface area (Å²) >= 11 is 0. The van der Waals surface area contributed by atoms with E-state index in [0.29, 0.717) is 24.5 Å². The number of amides is 2. The number of benzene rings is 1. The average Bonchev–Trinajstić information content (AvgIpc) is 3.10. The maximum atomic E-state index is 12.6. The zero-order valence-corrected chi connectivity index (χ0v) is 16.3. The second-order valence-electron chi connectivity index (χ2n) is 7.19. The van der Waals surface area contributed by atoms with Crippen molar-refractivity contribution in [2.45, 2.75) is 26.7 Å². The molecule has 0 aliphatic heterocycles. The summed E-state index contributed by atoms with van der Waals surface area (Å²) in [4.78, 5) is 29.5. The lowest BCUT2D eigenvalue weighted by atomic mass is 10.1. The molecule has 0 saturated heterocycles. The summed E-state index contributed by atoms with van der Waals surface area (Å²) < 4.78 is 1.66. The highest BCUT2D eigenvalue weighted by molar-refractivity contribution is 6.02. The number of carbonyl (C=O) groups is 2. The van der Waals surface area contributed by atoms with Crippen molar-refractivity contribution in [3.05, 3.63) is 71.8 Å². The standard InChI is InChI=1S/C22H26N4O2/c1-16(2)15-24-21(27)19-18-12-6-7-14-26(18)20(25-19)22(28)23-13-8-11-17-9-4-3-5-10-17/h3-7,9-10,12,14,16H,8,11,13,15H2,1-2H3,(H,23,28)(H,24,27). The minimum absolute atomic E-state index is 0.227. The predicted molar refractivity (Wildman–Crippen MR) is 109 cm³/mol. The zero-order chi connectivity index (χ0) is 19.9. The summed E-state index contributed by atoms with van der Waals surface area (Å²) in [6, 6.07) is 15.6. The Kier molecular flexibility index (Phi) is 6.42. The van der Waals surface area contributed by atoms with Gasteiger partial charge in [-0.25, -0.2) is 4.98 Å². The number of rotatable bonds is 8. The smallest absolute Gasteiger partial charge is 0.287 e. The monoisotopic (exact) mass is 378 g/mol. The lowest BCUT2D eigenvalue weighted by Gasteiger charge is -2.05. The summed E-state index contributed by atoms with van der Waals surface area (Å²) in [5.41, 5.74) is 2.14. The van der Waals surface area contributed by atoms with Crippen LogP contribution in [0.15, 0.2) is 54.7 Å². The summed E-state index contributed by atoms with van der Waals surface area (Å²) in [6.07, 6.45) is 3.48. The molecule has 0 atom stereocenters. The first-order chi connectivity index (χ1) is 13.6. The Bertz CT molecular complexity index is 948. The van der Waals surface area contributed by atoms with Crippen molar-refractivity contribution in [1.29, 1.82) is 0 Å². The first kappa shape index (κ1) is 19.6. The second kappa shape index (κ2) is 9.17. The summed E-state index contributed by atoms with van der Waals surface area (Å²) in [6.45, 7) is 5.16. The first-order valence-electron chi connectivity index (χ1n) is 9.63. The van der Waals surface area contributed by atoms with Crippen LogP contribution in [0.5, 0.6) is 0 Å². The summed E-state index contributed by atoms with van der Waals surface area (Å²) in [5.74, 6) is 0.0212. The Balaban J connectivity index is 1.68. The van der Waals surface area contributed by atoms with Crippen molar-refractivity contribution in [1.82, 2.24) is 20.0 Å². The third-order valence-electron chi connectivity index (χ3n) is 4.41. The third kappa shape index (κ3) is 4.76. The van der Waals surface area contributed by atoms with E-state index in [1.807, 2.05) is 44.2 Å². The Hall–Kier alpha value is -3.15. The lowest BCUT2D eigenvalue weighted by Crippen LogP contribution is -2.28. The maximum absolute atomic E-state index is 12.6. The van der Waals surface area contributed by atoms with E-state index in [4.69, 9.17) is 0 Å². The molecule has 3 aromatic rings. The maximum Gasteiger partial charge on any atom is 0.287 e. The van der Waals surface area contributed by atoms with Crippen LogP contribution in [0.2, 0.25) is 0 Å². The fourth-order valence-corrected chi connectivity index (χ4v) is 2.96. The van der Waals surface area contributed by atoms with Gasteiger partial charge in [0.25, 0.3) is 11.8 Å². The Morgan fingerprint density at radius 2 is 1.75 bits per heavy atom. The van der Waals surface area contributed by atoms with E-state index in [9.17, 15) is 9.59 Å². The van der Waals surface area contributed by atoms with Gasteiger partial charge in [0.2, 0.25) is 5.82 Å². The van der Waals surface area contributed by atoms with Crippen LogP contribution in [-0.4, -0.2) is 34.3 Å². The average molecular weight is 378 g/mol. The quantitative estimate of drug-likeness (QED) is 0.592. The molecule has 0 unspecified atom stereocenters. The molecule has 0 fully saturated rings. The molecule has 1 aromatic carbocycles. The molecule has 2 amide bonds. The van der Waals surface area contributed by atoms with Crippen molar-refractivity contribution in [2.24, 2.45) is 5.92 Å². The Morgan fingerprint density at radius 1 is 1.00 bits per heavy atom. The van der Waals surface area contributed by atoms with Crippen LogP contribution in [-0.2, 0) is 6.42 Å². The van der Waals surface area contributed by atoms with Crippen molar-refractivity contribution >= 4 is 17.3 Å². The molecule has 0 bridgehead atoms. The number of nitrogens with one attached hydrogen (secondary N) is 2.